The van der Waals surface area contributed by atoms with Crippen molar-refractivity contribution in [3.8, 4) is 17.1 Å². The summed E-state index contributed by atoms with van der Waals surface area (Å²) in [4.78, 5) is 26.0. The monoisotopic (exact) mass is 403 g/mol. The van der Waals surface area contributed by atoms with Crippen LogP contribution in [0.2, 0.25) is 0 Å². The Labute approximate surface area is 172 Å². The number of methoxy groups -OCH3 is 1. The Morgan fingerprint density at radius 3 is 2.20 bits per heavy atom. The van der Waals surface area contributed by atoms with Gasteiger partial charge in [0.05, 0.1) is 30.4 Å². The summed E-state index contributed by atoms with van der Waals surface area (Å²) >= 11 is 0. The van der Waals surface area contributed by atoms with Gasteiger partial charge in [0.25, 0.3) is 11.5 Å². The predicted molar refractivity (Wildman–Crippen MR) is 114 cm³/mol. The Balaban J connectivity index is 1.70. The highest BCUT2D eigenvalue weighted by atomic mass is 16.5. The first-order valence-electron chi connectivity index (χ1n) is 9.35. The quantitative estimate of drug-likeness (QED) is 0.555. The van der Waals surface area contributed by atoms with Crippen LogP contribution in [0.15, 0.2) is 71.7 Å². The van der Waals surface area contributed by atoms with Gasteiger partial charge in [-0.05, 0) is 31.2 Å². The molecule has 1 N–H and O–H groups in total. The SMILES string of the molecule is COc1cn(-c2ccccc2)nc1C(=O)Nc1c(C)n(C)n(-c2ccccc2)c1=O. The molecule has 0 fully saturated rings. The maximum atomic E-state index is 13.0. The third-order valence-electron chi connectivity index (χ3n) is 4.93. The van der Waals surface area contributed by atoms with Gasteiger partial charge in [-0.25, -0.2) is 9.36 Å². The molecule has 4 rings (SSSR count). The summed E-state index contributed by atoms with van der Waals surface area (Å²) in [5.41, 5.74) is 2.09. The maximum Gasteiger partial charge on any atom is 0.295 e. The van der Waals surface area contributed by atoms with Gasteiger partial charge in [0.15, 0.2) is 11.4 Å². The Bertz CT molecular complexity index is 1250. The highest BCUT2D eigenvalue weighted by Gasteiger charge is 2.23. The van der Waals surface area contributed by atoms with Crippen molar-refractivity contribution < 1.29 is 9.53 Å². The highest BCUT2D eigenvalue weighted by Crippen LogP contribution is 2.21. The van der Waals surface area contributed by atoms with Crippen LogP contribution in [0, 0.1) is 6.92 Å². The first-order valence-corrected chi connectivity index (χ1v) is 9.35. The fraction of sp³-hybridized carbons (Fsp3) is 0.136. The van der Waals surface area contributed by atoms with Crippen LogP contribution in [-0.2, 0) is 7.05 Å². The van der Waals surface area contributed by atoms with Crippen molar-refractivity contribution >= 4 is 11.6 Å². The number of nitrogens with zero attached hydrogens (tertiary/aromatic N) is 4. The number of nitrogens with one attached hydrogen (secondary N) is 1. The molecule has 0 radical (unpaired) electrons. The van der Waals surface area contributed by atoms with Crippen molar-refractivity contribution in [3.05, 3.63) is 88.6 Å². The molecule has 0 atom stereocenters. The summed E-state index contributed by atoms with van der Waals surface area (Å²) < 4.78 is 10.1. The molecule has 2 aromatic heterocycles. The summed E-state index contributed by atoms with van der Waals surface area (Å²) in [5.74, 6) is -0.208. The first kappa shape index (κ1) is 19.3. The Hall–Kier alpha value is -4.07. The standard InChI is InChI=1S/C22H21N5O3/c1-15-19(22(29)27(25(15)2)17-12-8-5-9-13-17)23-21(28)20-18(30-3)14-26(24-20)16-10-6-4-7-11-16/h4-14H,1-3H3,(H,23,28). The van der Waals surface area contributed by atoms with Crippen LogP contribution < -0.4 is 15.6 Å². The van der Waals surface area contributed by atoms with Gasteiger partial charge in [-0.3, -0.25) is 14.3 Å². The van der Waals surface area contributed by atoms with Gasteiger partial charge in [-0.2, -0.15) is 5.10 Å². The lowest BCUT2D eigenvalue weighted by molar-refractivity contribution is 0.101. The van der Waals surface area contributed by atoms with Crippen molar-refractivity contribution in [2.24, 2.45) is 7.05 Å². The molecule has 30 heavy (non-hydrogen) atoms. The van der Waals surface area contributed by atoms with Crippen LogP contribution in [0.3, 0.4) is 0 Å². The van der Waals surface area contributed by atoms with Gasteiger partial charge in [0.1, 0.15) is 5.69 Å². The fourth-order valence-corrected chi connectivity index (χ4v) is 3.26. The number of para-hydroxylation sites is 2. The van der Waals surface area contributed by atoms with E-state index in [1.807, 2.05) is 60.7 Å². The van der Waals surface area contributed by atoms with Crippen molar-refractivity contribution in [1.82, 2.24) is 19.1 Å². The number of hydrogen-bond acceptors (Lipinski definition) is 4. The molecule has 8 heteroatoms. The van der Waals surface area contributed by atoms with E-state index >= 15 is 0 Å². The zero-order chi connectivity index (χ0) is 21.3. The molecular weight excluding hydrogens is 382 g/mol. The third kappa shape index (κ3) is 3.28. The van der Waals surface area contributed by atoms with Gasteiger partial charge >= 0.3 is 0 Å². The van der Waals surface area contributed by atoms with Gasteiger partial charge in [0.2, 0.25) is 0 Å². The minimum Gasteiger partial charge on any atom is -0.493 e. The lowest BCUT2D eigenvalue weighted by Crippen LogP contribution is -2.23. The minimum absolute atomic E-state index is 0.0928. The summed E-state index contributed by atoms with van der Waals surface area (Å²) in [7, 11) is 3.24. The summed E-state index contributed by atoms with van der Waals surface area (Å²) in [6, 6.07) is 18.6. The Morgan fingerprint density at radius 1 is 1.00 bits per heavy atom. The predicted octanol–water partition coefficient (Wildman–Crippen LogP) is 2.93. The number of amides is 1. The van der Waals surface area contributed by atoms with Crippen LogP contribution in [-0.4, -0.2) is 32.2 Å². The average Bonchev–Trinajstić information content (AvgIpc) is 3.30. The molecule has 0 saturated heterocycles. The van der Waals surface area contributed by atoms with E-state index in [1.54, 1.807) is 29.5 Å². The van der Waals surface area contributed by atoms with Crippen LogP contribution in [0.1, 0.15) is 16.2 Å². The highest BCUT2D eigenvalue weighted by molar-refractivity contribution is 6.05. The molecule has 2 heterocycles. The second-order valence-corrected chi connectivity index (χ2v) is 6.72. The molecule has 0 spiro atoms. The number of aromatic nitrogens is 4. The number of carbonyl (C=O) groups excluding carboxylic acids is 1. The zero-order valence-corrected chi connectivity index (χ0v) is 16.9. The molecule has 152 valence electrons. The zero-order valence-electron chi connectivity index (χ0n) is 16.9. The van der Waals surface area contributed by atoms with E-state index in [2.05, 4.69) is 10.4 Å². The molecule has 0 unspecified atom stereocenters. The van der Waals surface area contributed by atoms with Crippen LogP contribution >= 0.6 is 0 Å². The summed E-state index contributed by atoms with van der Waals surface area (Å²) in [5, 5.41) is 7.07. The largest absolute Gasteiger partial charge is 0.493 e. The van der Waals surface area contributed by atoms with E-state index in [0.29, 0.717) is 17.1 Å². The van der Waals surface area contributed by atoms with Crippen molar-refractivity contribution in [2.45, 2.75) is 6.92 Å². The van der Waals surface area contributed by atoms with Crippen molar-refractivity contribution in [3.63, 3.8) is 0 Å². The van der Waals surface area contributed by atoms with Gasteiger partial charge in [0, 0.05) is 7.05 Å². The summed E-state index contributed by atoms with van der Waals surface area (Å²) in [6.45, 7) is 1.77. The molecule has 0 aliphatic heterocycles. The molecule has 0 saturated carbocycles. The van der Waals surface area contributed by atoms with Gasteiger partial charge in [-0.15, -0.1) is 0 Å². The number of rotatable bonds is 5. The van der Waals surface area contributed by atoms with Gasteiger partial charge < -0.3 is 10.1 Å². The second kappa shape index (κ2) is 7.75. The molecular formula is C22H21N5O3. The van der Waals surface area contributed by atoms with E-state index in [0.717, 1.165) is 5.69 Å². The molecule has 0 aliphatic carbocycles. The van der Waals surface area contributed by atoms with E-state index in [1.165, 1.54) is 11.8 Å². The first-order chi connectivity index (χ1) is 14.5. The number of anilines is 1. The van der Waals surface area contributed by atoms with E-state index < -0.39 is 5.91 Å². The van der Waals surface area contributed by atoms with Crippen molar-refractivity contribution in [2.75, 3.05) is 12.4 Å². The fourth-order valence-electron chi connectivity index (χ4n) is 3.26. The van der Waals surface area contributed by atoms with E-state index in [4.69, 9.17) is 4.74 Å². The maximum absolute atomic E-state index is 13.0. The van der Waals surface area contributed by atoms with Gasteiger partial charge in [-0.1, -0.05) is 36.4 Å². The smallest absolute Gasteiger partial charge is 0.295 e. The van der Waals surface area contributed by atoms with E-state index in [-0.39, 0.29) is 16.9 Å². The van der Waals surface area contributed by atoms with Crippen LogP contribution in [0.5, 0.6) is 5.75 Å². The lowest BCUT2D eigenvalue weighted by Gasteiger charge is -2.07. The normalized spacial score (nSPS) is 10.8. The van der Waals surface area contributed by atoms with Crippen LogP contribution in [0.25, 0.3) is 11.4 Å². The number of ether oxygens (including phenoxy) is 1. The van der Waals surface area contributed by atoms with Crippen LogP contribution in [0.4, 0.5) is 5.69 Å². The molecule has 1 amide bonds. The molecule has 0 aliphatic rings. The third-order valence-corrected chi connectivity index (χ3v) is 4.93. The number of hydrogen-bond donors (Lipinski definition) is 1. The number of benzene rings is 2. The topological polar surface area (TPSA) is 83.1 Å². The second-order valence-electron chi connectivity index (χ2n) is 6.72. The molecule has 0 bridgehead atoms. The molecule has 4 aromatic rings. The molecule has 8 nitrogen and oxygen atoms in total. The average molecular weight is 403 g/mol. The lowest BCUT2D eigenvalue weighted by atomic mass is 10.3. The Morgan fingerprint density at radius 2 is 1.60 bits per heavy atom. The summed E-state index contributed by atoms with van der Waals surface area (Å²) in [6.07, 6.45) is 1.63. The van der Waals surface area contributed by atoms with Crippen molar-refractivity contribution in [1.29, 1.82) is 0 Å². The number of carbonyl (C=O) groups is 1. The molecule has 2 aromatic carbocycles. The minimum atomic E-state index is -0.521. The van der Waals surface area contributed by atoms with E-state index in [9.17, 15) is 9.59 Å². The Kier molecular flexibility index (Phi) is 4.97.